The second-order valence-corrected chi connectivity index (χ2v) is 6.06. The van der Waals surface area contributed by atoms with Crippen LogP contribution in [0.15, 0.2) is 22.7 Å². The van der Waals surface area contributed by atoms with Crippen LogP contribution in [0.4, 0.5) is 10.1 Å². The van der Waals surface area contributed by atoms with Gasteiger partial charge in [0.2, 0.25) is 0 Å². The average molecular weight is 315 g/mol. The predicted octanol–water partition coefficient (Wildman–Crippen LogP) is 3.41. The van der Waals surface area contributed by atoms with Gasteiger partial charge in [-0.1, -0.05) is 13.8 Å². The molecular weight excluding hydrogens is 295 g/mol. The van der Waals surface area contributed by atoms with Gasteiger partial charge in [-0.15, -0.1) is 0 Å². The summed E-state index contributed by atoms with van der Waals surface area (Å²) in [6.07, 6.45) is 1.10. The van der Waals surface area contributed by atoms with E-state index in [2.05, 4.69) is 40.0 Å². The number of hydrogen-bond donors (Lipinski definition) is 1. The number of nitrogens with zero attached hydrogens (tertiary/aromatic N) is 1. The highest BCUT2D eigenvalue weighted by Crippen LogP contribution is 2.24. The minimum atomic E-state index is -0.189. The first-order valence-electron chi connectivity index (χ1n) is 6.51. The van der Waals surface area contributed by atoms with Gasteiger partial charge in [-0.2, -0.15) is 0 Å². The molecule has 0 aliphatic carbocycles. The van der Waals surface area contributed by atoms with Crippen LogP contribution >= 0.6 is 15.9 Å². The van der Waals surface area contributed by atoms with Crippen LogP contribution in [0, 0.1) is 11.7 Å². The molecule has 1 aromatic rings. The molecule has 1 saturated heterocycles. The predicted molar refractivity (Wildman–Crippen MR) is 77.6 cm³/mol. The van der Waals surface area contributed by atoms with Crippen molar-refractivity contribution >= 4 is 21.6 Å². The van der Waals surface area contributed by atoms with Gasteiger partial charge < -0.3 is 10.2 Å². The first-order valence-corrected chi connectivity index (χ1v) is 7.30. The molecule has 0 amide bonds. The highest BCUT2D eigenvalue weighted by atomic mass is 79.9. The van der Waals surface area contributed by atoms with Gasteiger partial charge in [0.1, 0.15) is 5.82 Å². The van der Waals surface area contributed by atoms with Crippen LogP contribution in [0.3, 0.4) is 0 Å². The van der Waals surface area contributed by atoms with E-state index in [-0.39, 0.29) is 5.82 Å². The Bertz CT molecular complexity index is 409. The summed E-state index contributed by atoms with van der Waals surface area (Å²) < 4.78 is 14.1. The fourth-order valence-corrected chi connectivity index (χ4v) is 2.56. The maximum absolute atomic E-state index is 13.6. The molecule has 2 nitrogen and oxygen atoms in total. The second kappa shape index (κ2) is 6.02. The molecule has 1 atom stereocenters. The molecule has 1 N–H and O–H groups in total. The van der Waals surface area contributed by atoms with Gasteiger partial charge >= 0.3 is 0 Å². The Morgan fingerprint density at radius 2 is 2.22 bits per heavy atom. The Hall–Kier alpha value is -0.610. The van der Waals surface area contributed by atoms with E-state index >= 15 is 0 Å². The van der Waals surface area contributed by atoms with Crippen molar-refractivity contribution in [3.63, 3.8) is 0 Å². The summed E-state index contributed by atoms with van der Waals surface area (Å²) in [6.45, 7) is 7.42. The Labute approximate surface area is 117 Å². The van der Waals surface area contributed by atoms with Gasteiger partial charge in [-0.25, -0.2) is 4.39 Å². The molecule has 0 saturated carbocycles. The number of benzene rings is 1. The second-order valence-electron chi connectivity index (χ2n) is 5.20. The van der Waals surface area contributed by atoms with Crippen LogP contribution in [0.2, 0.25) is 0 Å². The van der Waals surface area contributed by atoms with Crippen LogP contribution in [0.5, 0.6) is 0 Å². The number of anilines is 1. The van der Waals surface area contributed by atoms with Crippen LogP contribution in [0.1, 0.15) is 20.3 Å². The molecule has 2 rings (SSSR count). The molecule has 1 heterocycles. The van der Waals surface area contributed by atoms with Gasteiger partial charge in [-0.3, -0.25) is 0 Å². The largest absolute Gasteiger partial charge is 0.370 e. The third-order valence-electron chi connectivity index (χ3n) is 3.50. The average Bonchev–Trinajstić information content (AvgIpc) is 2.58. The molecule has 1 aliphatic rings. The molecule has 100 valence electrons. The third kappa shape index (κ3) is 3.23. The fourth-order valence-electron chi connectivity index (χ4n) is 2.31. The molecule has 1 aliphatic heterocycles. The van der Waals surface area contributed by atoms with E-state index in [1.54, 1.807) is 12.1 Å². The molecule has 1 fully saturated rings. The zero-order valence-electron chi connectivity index (χ0n) is 10.9. The van der Waals surface area contributed by atoms with Gasteiger partial charge in [-0.05, 0) is 53.0 Å². The zero-order chi connectivity index (χ0) is 13.1. The summed E-state index contributed by atoms with van der Waals surface area (Å²) in [6, 6.07) is 5.86. The SMILES string of the molecule is CC(C)C1CN(c2ccc(Br)c(F)c2)CCCN1. The van der Waals surface area contributed by atoms with E-state index in [1.165, 1.54) is 0 Å². The first-order chi connectivity index (χ1) is 8.58. The Balaban J connectivity index is 2.17. The Kier molecular flexibility index (Phi) is 4.62. The quantitative estimate of drug-likeness (QED) is 0.900. The van der Waals surface area contributed by atoms with Crippen molar-refractivity contribution in [3.05, 3.63) is 28.5 Å². The third-order valence-corrected chi connectivity index (χ3v) is 4.14. The summed E-state index contributed by atoms with van der Waals surface area (Å²) in [5.74, 6) is 0.400. The Morgan fingerprint density at radius 1 is 1.44 bits per heavy atom. The number of nitrogens with one attached hydrogen (secondary N) is 1. The molecule has 0 spiro atoms. The van der Waals surface area contributed by atoms with Crippen molar-refractivity contribution in [1.29, 1.82) is 0 Å². The maximum Gasteiger partial charge on any atom is 0.139 e. The van der Waals surface area contributed by atoms with Crippen molar-refractivity contribution in [2.75, 3.05) is 24.5 Å². The Morgan fingerprint density at radius 3 is 2.89 bits per heavy atom. The molecule has 1 aromatic carbocycles. The molecule has 18 heavy (non-hydrogen) atoms. The standard InChI is InChI=1S/C14H20BrFN2/c1-10(2)14-9-18(7-3-6-17-14)11-4-5-12(15)13(16)8-11/h4-5,8,10,14,17H,3,6-7,9H2,1-2H3. The summed E-state index contributed by atoms with van der Waals surface area (Å²) in [5, 5.41) is 3.56. The van der Waals surface area contributed by atoms with E-state index in [4.69, 9.17) is 0 Å². The lowest BCUT2D eigenvalue weighted by Gasteiger charge is -2.28. The fraction of sp³-hybridized carbons (Fsp3) is 0.571. The monoisotopic (exact) mass is 314 g/mol. The van der Waals surface area contributed by atoms with Crippen LogP contribution < -0.4 is 10.2 Å². The van der Waals surface area contributed by atoms with Crippen LogP contribution in [0.25, 0.3) is 0 Å². The van der Waals surface area contributed by atoms with Crippen molar-refractivity contribution in [3.8, 4) is 0 Å². The van der Waals surface area contributed by atoms with Crippen molar-refractivity contribution in [2.24, 2.45) is 5.92 Å². The van der Waals surface area contributed by atoms with Gasteiger partial charge in [0.15, 0.2) is 0 Å². The smallest absolute Gasteiger partial charge is 0.139 e. The highest BCUT2D eigenvalue weighted by molar-refractivity contribution is 9.10. The van der Waals surface area contributed by atoms with Crippen LogP contribution in [-0.4, -0.2) is 25.7 Å². The number of rotatable bonds is 2. The van der Waals surface area contributed by atoms with E-state index < -0.39 is 0 Å². The summed E-state index contributed by atoms with van der Waals surface area (Å²) in [7, 11) is 0. The molecule has 0 radical (unpaired) electrons. The summed E-state index contributed by atoms with van der Waals surface area (Å²) in [5.41, 5.74) is 0.977. The molecular formula is C14H20BrFN2. The van der Waals surface area contributed by atoms with Crippen molar-refractivity contribution in [1.82, 2.24) is 5.32 Å². The minimum Gasteiger partial charge on any atom is -0.370 e. The maximum atomic E-state index is 13.6. The molecule has 4 heteroatoms. The van der Waals surface area contributed by atoms with Gasteiger partial charge in [0.05, 0.1) is 4.47 Å². The van der Waals surface area contributed by atoms with Gasteiger partial charge in [0.25, 0.3) is 0 Å². The topological polar surface area (TPSA) is 15.3 Å². The molecule has 0 aromatic heterocycles. The number of hydrogen-bond acceptors (Lipinski definition) is 2. The lowest BCUT2D eigenvalue weighted by atomic mass is 10.0. The van der Waals surface area contributed by atoms with E-state index in [1.807, 2.05) is 6.07 Å². The molecule has 1 unspecified atom stereocenters. The van der Waals surface area contributed by atoms with E-state index in [0.717, 1.165) is 31.7 Å². The van der Waals surface area contributed by atoms with Gasteiger partial charge in [0, 0.05) is 24.8 Å². The van der Waals surface area contributed by atoms with E-state index in [0.29, 0.717) is 16.4 Å². The normalized spacial score (nSPS) is 21.2. The van der Waals surface area contributed by atoms with Crippen molar-refractivity contribution in [2.45, 2.75) is 26.3 Å². The lowest BCUT2D eigenvalue weighted by Crippen LogP contribution is -2.41. The van der Waals surface area contributed by atoms with Crippen LogP contribution in [-0.2, 0) is 0 Å². The summed E-state index contributed by atoms with van der Waals surface area (Å²) >= 11 is 3.20. The first kappa shape index (κ1) is 13.8. The van der Waals surface area contributed by atoms with E-state index in [9.17, 15) is 4.39 Å². The number of halogens is 2. The lowest BCUT2D eigenvalue weighted by molar-refractivity contribution is 0.420. The highest BCUT2D eigenvalue weighted by Gasteiger charge is 2.20. The zero-order valence-corrected chi connectivity index (χ0v) is 12.5. The summed E-state index contributed by atoms with van der Waals surface area (Å²) in [4.78, 5) is 2.28. The minimum absolute atomic E-state index is 0.189. The van der Waals surface area contributed by atoms with Crippen molar-refractivity contribution < 1.29 is 4.39 Å². The molecule has 0 bridgehead atoms.